The molecular formula is C15H15F2N. The number of hydrogen-bond acceptors (Lipinski definition) is 1. The molecule has 1 N–H and O–H groups in total. The fourth-order valence-electron chi connectivity index (χ4n) is 1.89. The largest absolute Gasteiger partial charge is 0.376 e. The van der Waals surface area contributed by atoms with Crippen LogP contribution in [0.1, 0.15) is 24.1 Å². The van der Waals surface area contributed by atoms with Crippen molar-refractivity contribution in [3.05, 3.63) is 65.2 Å². The van der Waals surface area contributed by atoms with Crippen molar-refractivity contribution in [1.29, 1.82) is 0 Å². The lowest BCUT2D eigenvalue weighted by atomic mass is 10.1. The molecule has 0 amide bonds. The first-order chi connectivity index (χ1) is 8.58. The molecule has 94 valence electrons. The van der Waals surface area contributed by atoms with E-state index in [2.05, 4.69) is 5.32 Å². The smallest absolute Gasteiger partial charge is 0.146 e. The van der Waals surface area contributed by atoms with E-state index in [1.165, 1.54) is 18.2 Å². The molecule has 2 rings (SSSR count). The molecule has 0 saturated carbocycles. The molecular weight excluding hydrogens is 232 g/mol. The zero-order valence-corrected chi connectivity index (χ0v) is 10.4. The van der Waals surface area contributed by atoms with E-state index in [0.717, 1.165) is 11.1 Å². The summed E-state index contributed by atoms with van der Waals surface area (Å²) in [5.41, 5.74) is 2.09. The van der Waals surface area contributed by atoms with Crippen LogP contribution in [0, 0.1) is 18.6 Å². The molecule has 0 aromatic heterocycles. The van der Waals surface area contributed by atoms with E-state index in [9.17, 15) is 8.78 Å². The van der Waals surface area contributed by atoms with Gasteiger partial charge in [-0.25, -0.2) is 8.78 Å². The summed E-state index contributed by atoms with van der Waals surface area (Å²) in [6.07, 6.45) is 0. The summed E-state index contributed by atoms with van der Waals surface area (Å²) in [5, 5.41) is 3.08. The van der Waals surface area contributed by atoms with Gasteiger partial charge >= 0.3 is 0 Å². The molecule has 0 aliphatic carbocycles. The van der Waals surface area contributed by atoms with Gasteiger partial charge in [0, 0.05) is 6.04 Å². The van der Waals surface area contributed by atoms with E-state index in [1.54, 1.807) is 12.1 Å². The Morgan fingerprint density at radius 3 is 2.44 bits per heavy atom. The van der Waals surface area contributed by atoms with Gasteiger partial charge in [0.1, 0.15) is 11.6 Å². The van der Waals surface area contributed by atoms with Gasteiger partial charge in [-0.3, -0.25) is 0 Å². The van der Waals surface area contributed by atoms with Crippen LogP contribution in [0.15, 0.2) is 42.5 Å². The Morgan fingerprint density at radius 1 is 1.06 bits per heavy atom. The minimum absolute atomic E-state index is 0.156. The summed E-state index contributed by atoms with van der Waals surface area (Å²) in [4.78, 5) is 0. The van der Waals surface area contributed by atoms with Crippen LogP contribution in [-0.2, 0) is 0 Å². The molecule has 0 aliphatic heterocycles. The summed E-state index contributed by atoms with van der Waals surface area (Å²) >= 11 is 0. The summed E-state index contributed by atoms with van der Waals surface area (Å²) < 4.78 is 26.8. The fourth-order valence-corrected chi connectivity index (χ4v) is 1.89. The normalized spacial score (nSPS) is 12.2. The summed E-state index contributed by atoms with van der Waals surface area (Å²) in [7, 11) is 0. The first-order valence-corrected chi connectivity index (χ1v) is 5.85. The second kappa shape index (κ2) is 5.17. The maximum Gasteiger partial charge on any atom is 0.146 e. The van der Waals surface area contributed by atoms with Crippen LogP contribution in [0.25, 0.3) is 0 Å². The van der Waals surface area contributed by atoms with Gasteiger partial charge in [0.05, 0.1) is 5.69 Å². The molecule has 0 radical (unpaired) electrons. The quantitative estimate of drug-likeness (QED) is 0.845. The maximum atomic E-state index is 13.7. The van der Waals surface area contributed by atoms with E-state index >= 15 is 0 Å². The van der Waals surface area contributed by atoms with Crippen molar-refractivity contribution >= 4 is 5.69 Å². The lowest BCUT2D eigenvalue weighted by Crippen LogP contribution is -2.09. The number of para-hydroxylation sites is 1. The molecule has 0 heterocycles. The van der Waals surface area contributed by atoms with Crippen LogP contribution in [0.4, 0.5) is 14.5 Å². The first kappa shape index (κ1) is 12.6. The summed E-state index contributed by atoms with van der Waals surface area (Å²) in [5.74, 6) is -0.579. The SMILES string of the molecule is Cc1cccc(F)c1NC(C)c1cccc(F)c1. The summed E-state index contributed by atoms with van der Waals surface area (Å²) in [6.45, 7) is 3.71. The van der Waals surface area contributed by atoms with Gasteiger partial charge in [0.25, 0.3) is 0 Å². The molecule has 0 fully saturated rings. The van der Waals surface area contributed by atoms with Gasteiger partial charge in [-0.15, -0.1) is 0 Å². The Morgan fingerprint density at radius 2 is 1.78 bits per heavy atom. The van der Waals surface area contributed by atoms with Crippen LogP contribution in [-0.4, -0.2) is 0 Å². The zero-order valence-electron chi connectivity index (χ0n) is 10.4. The average Bonchev–Trinajstić information content (AvgIpc) is 2.34. The average molecular weight is 247 g/mol. The van der Waals surface area contributed by atoms with E-state index in [4.69, 9.17) is 0 Å². The van der Waals surface area contributed by atoms with Crippen LogP contribution in [0.3, 0.4) is 0 Å². The number of anilines is 1. The van der Waals surface area contributed by atoms with E-state index in [0.29, 0.717) is 5.69 Å². The van der Waals surface area contributed by atoms with Crippen molar-refractivity contribution in [2.45, 2.75) is 19.9 Å². The van der Waals surface area contributed by atoms with Crippen molar-refractivity contribution in [2.75, 3.05) is 5.32 Å². The Hall–Kier alpha value is -1.90. The zero-order chi connectivity index (χ0) is 13.1. The number of benzene rings is 2. The third kappa shape index (κ3) is 2.67. The van der Waals surface area contributed by atoms with Gasteiger partial charge in [0.2, 0.25) is 0 Å². The monoisotopic (exact) mass is 247 g/mol. The fraction of sp³-hybridized carbons (Fsp3) is 0.200. The lowest BCUT2D eigenvalue weighted by molar-refractivity contribution is 0.620. The Labute approximate surface area is 105 Å². The van der Waals surface area contributed by atoms with Crippen LogP contribution in [0.2, 0.25) is 0 Å². The van der Waals surface area contributed by atoms with E-state index in [-0.39, 0.29) is 17.7 Å². The number of halogens is 2. The molecule has 18 heavy (non-hydrogen) atoms. The second-order valence-corrected chi connectivity index (χ2v) is 4.35. The lowest BCUT2D eigenvalue weighted by Gasteiger charge is -2.18. The minimum Gasteiger partial charge on any atom is -0.376 e. The van der Waals surface area contributed by atoms with Crippen LogP contribution >= 0.6 is 0 Å². The Bertz CT molecular complexity index is 532. The van der Waals surface area contributed by atoms with Crippen molar-refractivity contribution < 1.29 is 8.78 Å². The maximum absolute atomic E-state index is 13.7. The second-order valence-electron chi connectivity index (χ2n) is 4.35. The predicted octanol–water partition coefficient (Wildman–Crippen LogP) is 4.45. The highest BCUT2D eigenvalue weighted by molar-refractivity contribution is 5.53. The van der Waals surface area contributed by atoms with Crippen LogP contribution < -0.4 is 5.32 Å². The van der Waals surface area contributed by atoms with Gasteiger partial charge in [-0.05, 0) is 43.2 Å². The van der Waals surface area contributed by atoms with Crippen molar-refractivity contribution in [3.8, 4) is 0 Å². The summed E-state index contributed by atoms with van der Waals surface area (Å²) in [6, 6.07) is 11.1. The van der Waals surface area contributed by atoms with Gasteiger partial charge in [0.15, 0.2) is 0 Å². The molecule has 0 bridgehead atoms. The van der Waals surface area contributed by atoms with Gasteiger partial charge in [-0.1, -0.05) is 24.3 Å². The number of hydrogen-bond donors (Lipinski definition) is 1. The standard InChI is InChI=1S/C15H15F2N/c1-10-5-3-8-14(17)15(10)18-11(2)12-6-4-7-13(16)9-12/h3-9,11,18H,1-2H3. The predicted molar refractivity (Wildman–Crippen MR) is 69.6 cm³/mol. The molecule has 1 atom stereocenters. The molecule has 2 aromatic rings. The van der Waals surface area contributed by atoms with Crippen LogP contribution in [0.5, 0.6) is 0 Å². The third-order valence-electron chi connectivity index (χ3n) is 2.93. The highest BCUT2D eigenvalue weighted by Gasteiger charge is 2.10. The minimum atomic E-state index is -0.293. The first-order valence-electron chi connectivity index (χ1n) is 5.85. The highest BCUT2D eigenvalue weighted by Crippen LogP contribution is 2.24. The Balaban J connectivity index is 2.24. The van der Waals surface area contributed by atoms with Gasteiger partial charge < -0.3 is 5.32 Å². The van der Waals surface area contributed by atoms with E-state index < -0.39 is 0 Å². The molecule has 0 saturated heterocycles. The molecule has 0 aliphatic rings. The molecule has 1 nitrogen and oxygen atoms in total. The molecule has 0 spiro atoms. The molecule has 2 aromatic carbocycles. The number of nitrogens with one attached hydrogen (secondary N) is 1. The van der Waals surface area contributed by atoms with Crippen molar-refractivity contribution in [3.63, 3.8) is 0 Å². The molecule has 3 heteroatoms. The molecule has 1 unspecified atom stereocenters. The van der Waals surface area contributed by atoms with Gasteiger partial charge in [-0.2, -0.15) is 0 Å². The Kier molecular flexibility index (Phi) is 3.60. The number of aryl methyl sites for hydroxylation is 1. The van der Waals surface area contributed by atoms with Crippen molar-refractivity contribution in [2.24, 2.45) is 0 Å². The topological polar surface area (TPSA) is 12.0 Å². The number of rotatable bonds is 3. The van der Waals surface area contributed by atoms with E-state index in [1.807, 2.05) is 26.0 Å². The van der Waals surface area contributed by atoms with Crippen molar-refractivity contribution in [1.82, 2.24) is 0 Å². The highest BCUT2D eigenvalue weighted by atomic mass is 19.1. The third-order valence-corrected chi connectivity index (χ3v) is 2.93.